The van der Waals surface area contributed by atoms with Gasteiger partial charge in [-0.2, -0.15) is 4.98 Å². The molecule has 0 saturated heterocycles. The van der Waals surface area contributed by atoms with Crippen LogP contribution in [0.25, 0.3) is 0 Å². The van der Waals surface area contributed by atoms with Crippen LogP contribution in [0.1, 0.15) is 38.8 Å². The first-order chi connectivity index (χ1) is 10.4. The van der Waals surface area contributed by atoms with Crippen LogP contribution in [0.3, 0.4) is 0 Å². The molecule has 3 rings (SSSR count). The zero-order valence-corrected chi connectivity index (χ0v) is 14.1. The number of hydrogen-bond acceptors (Lipinski definition) is 5. The Morgan fingerprint density at radius 3 is 2.59 bits per heavy atom. The maximum Gasteiger partial charge on any atom is 0.249 e. The molecular weight excluding hydrogens is 278 g/mol. The fraction of sp³-hybridized carbons (Fsp3) is 0.688. The van der Waals surface area contributed by atoms with Gasteiger partial charge in [-0.05, 0) is 32.6 Å². The smallest absolute Gasteiger partial charge is 0.249 e. The number of amides is 1. The molecule has 1 saturated carbocycles. The Morgan fingerprint density at radius 2 is 1.95 bits per heavy atom. The van der Waals surface area contributed by atoms with E-state index in [0.29, 0.717) is 12.0 Å². The summed E-state index contributed by atoms with van der Waals surface area (Å²) in [6.07, 6.45) is 3.64. The lowest BCUT2D eigenvalue weighted by Gasteiger charge is -2.38. The Hall–Kier alpha value is -1.85. The summed E-state index contributed by atoms with van der Waals surface area (Å²) in [4.78, 5) is 25.1. The predicted octanol–water partition coefficient (Wildman–Crippen LogP) is 2.19. The molecule has 2 heterocycles. The second kappa shape index (κ2) is 5.41. The zero-order valence-electron chi connectivity index (χ0n) is 14.1. The Labute approximate surface area is 131 Å². The van der Waals surface area contributed by atoms with Gasteiger partial charge in [-0.1, -0.05) is 13.3 Å². The zero-order chi connectivity index (χ0) is 16.0. The second-order valence-electron chi connectivity index (χ2n) is 6.58. The number of hydrogen-bond donors (Lipinski definition) is 1. The number of carbonyl (C=O) groups excluding carboxylic acids is 1. The van der Waals surface area contributed by atoms with E-state index in [1.165, 1.54) is 19.3 Å². The normalized spacial score (nSPS) is 27.5. The van der Waals surface area contributed by atoms with E-state index < -0.39 is 0 Å². The van der Waals surface area contributed by atoms with E-state index in [0.717, 1.165) is 23.1 Å². The van der Waals surface area contributed by atoms with E-state index in [9.17, 15) is 4.79 Å². The van der Waals surface area contributed by atoms with Crippen molar-refractivity contribution in [2.75, 3.05) is 29.2 Å². The van der Waals surface area contributed by atoms with Crippen LogP contribution >= 0.6 is 0 Å². The van der Waals surface area contributed by atoms with Crippen LogP contribution in [-0.4, -0.2) is 42.1 Å². The van der Waals surface area contributed by atoms with Crippen LogP contribution < -0.4 is 15.1 Å². The highest BCUT2D eigenvalue weighted by molar-refractivity contribution is 6.04. The van der Waals surface area contributed by atoms with Crippen molar-refractivity contribution >= 4 is 23.4 Å². The van der Waals surface area contributed by atoms with Crippen molar-refractivity contribution in [1.82, 2.24) is 9.97 Å². The number of rotatable bonds is 3. The van der Waals surface area contributed by atoms with Crippen LogP contribution in [0, 0.1) is 12.8 Å². The maximum absolute atomic E-state index is 12.3. The van der Waals surface area contributed by atoms with E-state index in [-0.39, 0.29) is 11.9 Å². The summed E-state index contributed by atoms with van der Waals surface area (Å²) in [6.45, 7) is 6.09. The van der Waals surface area contributed by atoms with E-state index >= 15 is 0 Å². The average Bonchev–Trinajstić information content (AvgIpc) is 2.45. The third-order valence-electron chi connectivity index (χ3n) is 5.12. The Kier molecular flexibility index (Phi) is 3.70. The van der Waals surface area contributed by atoms with Gasteiger partial charge in [0.2, 0.25) is 11.9 Å². The number of anilines is 3. The quantitative estimate of drug-likeness (QED) is 0.927. The summed E-state index contributed by atoms with van der Waals surface area (Å²) < 4.78 is 0. The maximum atomic E-state index is 12.3. The highest BCUT2D eigenvalue weighted by Gasteiger charge is 2.35. The molecule has 2 aliphatic rings. The molecule has 1 aromatic heterocycles. The van der Waals surface area contributed by atoms with Crippen molar-refractivity contribution < 1.29 is 4.79 Å². The summed E-state index contributed by atoms with van der Waals surface area (Å²) in [5.74, 6) is 2.42. The minimum absolute atomic E-state index is 0.0761. The number of nitrogens with one attached hydrogen (secondary N) is 1. The predicted molar refractivity (Wildman–Crippen MR) is 88.5 cm³/mol. The van der Waals surface area contributed by atoms with Gasteiger partial charge in [-0.15, -0.1) is 0 Å². The van der Waals surface area contributed by atoms with Gasteiger partial charge in [0.15, 0.2) is 5.82 Å². The highest BCUT2D eigenvalue weighted by atomic mass is 16.2. The molecule has 0 spiro atoms. The van der Waals surface area contributed by atoms with Crippen molar-refractivity contribution in [2.45, 2.75) is 52.1 Å². The molecule has 1 amide bonds. The van der Waals surface area contributed by atoms with Crippen LogP contribution in [0.15, 0.2) is 0 Å². The molecule has 1 aromatic rings. The van der Waals surface area contributed by atoms with E-state index in [1.54, 1.807) is 11.9 Å². The molecule has 0 unspecified atom stereocenters. The summed E-state index contributed by atoms with van der Waals surface area (Å²) in [5.41, 5.74) is 1.66. The molecule has 1 atom stereocenters. The molecule has 6 nitrogen and oxygen atoms in total. The minimum atomic E-state index is -0.201. The first-order valence-electron chi connectivity index (χ1n) is 8.08. The number of aryl methyl sites for hydroxylation is 1. The van der Waals surface area contributed by atoms with Gasteiger partial charge in [-0.3, -0.25) is 4.79 Å². The SMILES string of the molecule is CC[C@H]1C[C@H](Nc2nc(C)c3c(n2)N(C)[C@@H](C)C(=O)N3C)C1. The number of nitrogens with zero attached hydrogens (tertiary/aromatic N) is 4. The standard InChI is InChI=1S/C16H25N5O/c1-6-11-7-12(8-11)18-16-17-9(2)13-14(19-16)20(4)10(3)15(22)21(13)5/h10-12H,6-8H2,1-5H3,(H,17,18,19)/t10-,11-,12-/m0/s1. The topological polar surface area (TPSA) is 61.4 Å². The molecule has 22 heavy (non-hydrogen) atoms. The third kappa shape index (κ3) is 2.30. The lowest BCUT2D eigenvalue weighted by Crippen LogP contribution is -2.50. The average molecular weight is 303 g/mol. The minimum Gasteiger partial charge on any atom is -0.351 e. The van der Waals surface area contributed by atoms with Crippen LogP contribution in [0.2, 0.25) is 0 Å². The molecule has 0 bridgehead atoms. The largest absolute Gasteiger partial charge is 0.351 e. The first kappa shape index (κ1) is 15.1. The Bertz CT molecular complexity index is 596. The summed E-state index contributed by atoms with van der Waals surface area (Å²) >= 11 is 0. The van der Waals surface area contributed by atoms with Gasteiger partial charge in [0, 0.05) is 20.1 Å². The Balaban J connectivity index is 1.87. The van der Waals surface area contributed by atoms with E-state index in [1.807, 2.05) is 25.8 Å². The number of fused-ring (bicyclic) bond motifs is 1. The lowest BCUT2D eigenvalue weighted by molar-refractivity contribution is -0.119. The van der Waals surface area contributed by atoms with Gasteiger partial charge in [-0.25, -0.2) is 4.98 Å². The summed E-state index contributed by atoms with van der Waals surface area (Å²) in [7, 11) is 3.72. The third-order valence-corrected chi connectivity index (χ3v) is 5.12. The molecule has 6 heteroatoms. The summed E-state index contributed by atoms with van der Waals surface area (Å²) in [6, 6.07) is 0.279. The second-order valence-corrected chi connectivity index (χ2v) is 6.58. The molecule has 1 aliphatic heterocycles. The molecule has 1 aliphatic carbocycles. The number of likely N-dealkylation sites (N-methyl/N-ethyl adjacent to an activating group) is 2. The van der Waals surface area contributed by atoms with Gasteiger partial charge in [0.05, 0.1) is 5.69 Å². The van der Waals surface area contributed by atoms with Crippen molar-refractivity contribution in [2.24, 2.45) is 5.92 Å². The van der Waals surface area contributed by atoms with Crippen LogP contribution in [-0.2, 0) is 4.79 Å². The Morgan fingerprint density at radius 1 is 1.27 bits per heavy atom. The van der Waals surface area contributed by atoms with Crippen molar-refractivity contribution in [1.29, 1.82) is 0 Å². The monoisotopic (exact) mass is 303 g/mol. The summed E-state index contributed by atoms with van der Waals surface area (Å²) in [5, 5.41) is 3.44. The van der Waals surface area contributed by atoms with Gasteiger partial charge in [0.1, 0.15) is 11.7 Å². The van der Waals surface area contributed by atoms with Crippen molar-refractivity contribution in [3.8, 4) is 0 Å². The molecule has 0 aromatic carbocycles. The highest BCUT2D eigenvalue weighted by Crippen LogP contribution is 2.37. The van der Waals surface area contributed by atoms with Crippen molar-refractivity contribution in [3.05, 3.63) is 5.69 Å². The van der Waals surface area contributed by atoms with E-state index in [4.69, 9.17) is 0 Å². The van der Waals surface area contributed by atoms with Gasteiger partial charge >= 0.3 is 0 Å². The van der Waals surface area contributed by atoms with Crippen LogP contribution in [0.4, 0.5) is 17.5 Å². The molecular formula is C16H25N5O. The van der Waals surface area contributed by atoms with Crippen molar-refractivity contribution in [3.63, 3.8) is 0 Å². The first-order valence-corrected chi connectivity index (χ1v) is 8.08. The fourth-order valence-electron chi connectivity index (χ4n) is 3.36. The number of aromatic nitrogens is 2. The lowest BCUT2D eigenvalue weighted by atomic mass is 9.79. The molecule has 120 valence electrons. The molecule has 1 N–H and O–H groups in total. The van der Waals surface area contributed by atoms with Crippen LogP contribution in [0.5, 0.6) is 0 Å². The fourth-order valence-corrected chi connectivity index (χ4v) is 3.36. The molecule has 0 radical (unpaired) electrons. The molecule has 1 fully saturated rings. The van der Waals surface area contributed by atoms with Gasteiger partial charge in [0.25, 0.3) is 0 Å². The van der Waals surface area contributed by atoms with E-state index in [2.05, 4.69) is 22.2 Å². The number of carbonyl (C=O) groups is 1. The van der Waals surface area contributed by atoms with Gasteiger partial charge < -0.3 is 15.1 Å².